The minimum Gasteiger partial charge on any atom is -0.478 e. The van der Waals surface area contributed by atoms with Gasteiger partial charge in [-0.1, -0.05) is 31.2 Å². The van der Waals surface area contributed by atoms with E-state index in [2.05, 4.69) is 24.6 Å². The zero-order chi connectivity index (χ0) is 27.6. The third kappa shape index (κ3) is 6.50. The minimum atomic E-state index is -1.24. The molecule has 10 nitrogen and oxygen atoms in total. The predicted molar refractivity (Wildman–Crippen MR) is 152 cm³/mol. The number of aromatic nitrogens is 5. The number of carboxylic acids is 1. The van der Waals surface area contributed by atoms with Crippen molar-refractivity contribution in [2.24, 2.45) is 0 Å². The topological polar surface area (TPSA) is 114 Å². The molecule has 0 aliphatic carbocycles. The molecule has 1 atom stereocenters. The van der Waals surface area contributed by atoms with E-state index in [4.69, 9.17) is 35.9 Å². The Hall–Kier alpha value is -2.83. The van der Waals surface area contributed by atoms with E-state index in [-0.39, 0.29) is 18.6 Å². The van der Waals surface area contributed by atoms with Gasteiger partial charge in [-0.3, -0.25) is 4.68 Å². The molecule has 12 heteroatoms. The van der Waals surface area contributed by atoms with E-state index in [9.17, 15) is 9.90 Å². The predicted octanol–water partition coefficient (Wildman–Crippen LogP) is 5.66. The van der Waals surface area contributed by atoms with Gasteiger partial charge in [0, 0.05) is 37.9 Å². The smallest absolute Gasteiger partial charge is 0.339 e. The lowest BCUT2D eigenvalue weighted by Crippen LogP contribution is -2.24. The zero-order valence-electron chi connectivity index (χ0n) is 22.5. The first-order valence-corrected chi connectivity index (χ1v) is 17.3. The van der Waals surface area contributed by atoms with Crippen LogP contribution >= 0.6 is 11.6 Å². The van der Waals surface area contributed by atoms with Crippen molar-refractivity contribution in [1.82, 2.24) is 24.3 Å². The molecule has 1 aromatic carbocycles. The highest BCUT2D eigenvalue weighted by atomic mass is 35.5. The highest BCUT2D eigenvalue weighted by Crippen LogP contribution is 2.30. The largest absolute Gasteiger partial charge is 0.478 e. The van der Waals surface area contributed by atoms with Crippen molar-refractivity contribution in [3.05, 3.63) is 41.2 Å². The van der Waals surface area contributed by atoms with E-state index >= 15 is 0 Å². The molecule has 0 bridgehead atoms. The van der Waals surface area contributed by atoms with Crippen molar-refractivity contribution >= 4 is 47.7 Å². The molecule has 5 rings (SSSR count). The van der Waals surface area contributed by atoms with Crippen LogP contribution in [0.4, 0.5) is 0 Å². The van der Waals surface area contributed by atoms with Crippen molar-refractivity contribution in [3.63, 3.8) is 0 Å². The normalized spacial score (nSPS) is 16.4. The molecule has 39 heavy (non-hydrogen) atoms. The van der Waals surface area contributed by atoms with Crippen molar-refractivity contribution in [3.8, 4) is 11.4 Å². The lowest BCUT2D eigenvalue weighted by atomic mass is 10.1. The quantitative estimate of drug-likeness (QED) is 0.181. The Morgan fingerprint density at radius 2 is 2.10 bits per heavy atom. The minimum absolute atomic E-state index is 0.0702. The van der Waals surface area contributed by atoms with Crippen LogP contribution < -0.4 is 0 Å². The second kappa shape index (κ2) is 11.7. The Labute approximate surface area is 232 Å². The van der Waals surface area contributed by atoms with Gasteiger partial charge in [-0.15, -0.1) is 0 Å². The molecule has 0 radical (unpaired) electrons. The maximum atomic E-state index is 12.1. The summed E-state index contributed by atoms with van der Waals surface area (Å²) in [6.07, 6.45) is 6.03. The average molecular weight is 572 g/mol. The molecular formula is C27H34ClN5O5Si. The molecule has 3 aromatic heterocycles. The van der Waals surface area contributed by atoms with Crippen LogP contribution in [0.2, 0.25) is 30.7 Å². The van der Waals surface area contributed by atoms with Crippen molar-refractivity contribution in [2.75, 3.05) is 19.8 Å². The second-order valence-electron chi connectivity index (χ2n) is 11.0. The maximum Gasteiger partial charge on any atom is 0.339 e. The second-order valence-corrected chi connectivity index (χ2v) is 17.1. The molecule has 0 spiro atoms. The maximum absolute atomic E-state index is 12.1. The Balaban J connectivity index is 1.43. The van der Waals surface area contributed by atoms with Crippen LogP contribution in [0.25, 0.3) is 33.5 Å². The van der Waals surface area contributed by atoms with Crippen LogP contribution in [0, 0.1) is 0 Å². The van der Waals surface area contributed by atoms with E-state index in [0.29, 0.717) is 47.3 Å². The molecule has 1 aliphatic rings. The summed E-state index contributed by atoms with van der Waals surface area (Å²) in [5.74, 6) is -1.07. The summed E-state index contributed by atoms with van der Waals surface area (Å²) in [7, 11) is -1.24. The van der Waals surface area contributed by atoms with Gasteiger partial charge in [0.25, 0.3) is 0 Å². The first kappa shape index (κ1) is 27.7. The standard InChI is InChI=1S/C27H34ClN5O5Si/c1-39(2,3)13-12-36-17-32-16-20(27(34)35)25-26(32)29-15-21(30-25)24-19-8-7-18(28)14-22(19)33(31-24)9-11-38-23-6-4-5-10-37-23/h7-8,14-16,23H,4-6,9-13,17H2,1-3H3,(H,34,35). The van der Waals surface area contributed by atoms with E-state index in [1.54, 1.807) is 16.8 Å². The van der Waals surface area contributed by atoms with Gasteiger partial charge in [0.1, 0.15) is 29.2 Å². The highest BCUT2D eigenvalue weighted by molar-refractivity contribution is 6.76. The summed E-state index contributed by atoms with van der Waals surface area (Å²) in [6, 6.07) is 6.57. The Kier molecular flexibility index (Phi) is 8.34. The van der Waals surface area contributed by atoms with Gasteiger partial charge < -0.3 is 23.9 Å². The summed E-state index contributed by atoms with van der Waals surface area (Å²) < 4.78 is 21.0. The molecule has 1 fully saturated rings. The van der Waals surface area contributed by atoms with Crippen molar-refractivity contribution < 1.29 is 24.1 Å². The van der Waals surface area contributed by atoms with Gasteiger partial charge >= 0.3 is 5.97 Å². The fourth-order valence-corrected chi connectivity index (χ4v) is 5.50. The summed E-state index contributed by atoms with van der Waals surface area (Å²) in [6.45, 7) is 9.34. The van der Waals surface area contributed by atoms with Crippen LogP contribution in [-0.2, 0) is 27.5 Å². The molecule has 4 aromatic rings. The first-order chi connectivity index (χ1) is 18.7. The van der Waals surface area contributed by atoms with Gasteiger partial charge in [0.05, 0.1) is 24.9 Å². The fourth-order valence-electron chi connectivity index (χ4n) is 4.58. The number of ether oxygens (including phenoxy) is 3. The fraction of sp³-hybridized carbons (Fsp3) is 0.481. The number of carbonyl (C=O) groups is 1. The van der Waals surface area contributed by atoms with Crippen LogP contribution in [0.5, 0.6) is 0 Å². The average Bonchev–Trinajstić information content (AvgIpc) is 3.44. The van der Waals surface area contributed by atoms with Gasteiger partial charge in [-0.2, -0.15) is 5.10 Å². The Bertz CT molecular complexity index is 1480. The van der Waals surface area contributed by atoms with Gasteiger partial charge in [-0.05, 0) is 43.5 Å². The molecule has 4 heterocycles. The Morgan fingerprint density at radius 3 is 2.85 bits per heavy atom. The SMILES string of the molecule is C[Si](C)(C)CCOCn1cc(C(=O)O)c2nc(-c3nn(CCOC4CCCCO4)c4cc(Cl)ccc34)cnc21. The molecular weight excluding hydrogens is 538 g/mol. The van der Waals surface area contributed by atoms with E-state index < -0.39 is 14.0 Å². The Morgan fingerprint density at radius 1 is 1.26 bits per heavy atom. The summed E-state index contributed by atoms with van der Waals surface area (Å²) >= 11 is 6.32. The number of hydrogen-bond acceptors (Lipinski definition) is 7. The lowest BCUT2D eigenvalue weighted by molar-refractivity contribution is -0.163. The molecule has 1 aliphatic heterocycles. The number of nitrogens with zero attached hydrogens (tertiary/aromatic N) is 5. The number of halogens is 1. The molecule has 0 saturated carbocycles. The van der Waals surface area contributed by atoms with E-state index in [1.807, 2.05) is 16.8 Å². The summed E-state index contributed by atoms with van der Waals surface area (Å²) in [4.78, 5) is 21.4. The van der Waals surface area contributed by atoms with Crippen LogP contribution in [0.15, 0.2) is 30.6 Å². The van der Waals surface area contributed by atoms with Crippen LogP contribution in [0.1, 0.15) is 29.6 Å². The summed E-state index contributed by atoms with van der Waals surface area (Å²) in [5, 5.41) is 16.1. The summed E-state index contributed by atoms with van der Waals surface area (Å²) in [5.41, 5.74) is 2.73. The van der Waals surface area contributed by atoms with E-state index in [1.165, 1.54) is 6.20 Å². The van der Waals surface area contributed by atoms with E-state index in [0.717, 1.165) is 42.8 Å². The van der Waals surface area contributed by atoms with Gasteiger partial charge in [0.2, 0.25) is 0 Å². The molecule has 208 valence electrons. The number of aromatic carboxylic acids is 1. The number of hydrogen-bond donors (Lipinski definition) is 1. The third-order valence-corrected chi connectivity index (χ3v) is 8.66. The van der Waals surface area contributed by atoms with Crippen molar-refractivity contribution in [2.45, 2.75) is 64.5 Å². The van der Waals surface area contributed by atoms with Crippen LogP contribution in [0.3, 0.4) is 0 Å². The van der Waals surface area contributed by atoms with Gasteiger partial charge in [0.15, 0.2) is 11.9 Å². The number of carboxylic acid groups (broad SMARTS) is 1. The third-order valence-electron chi connectivity index (χ3n) is 6.72. The number of fused-ring (bicyclic) bond motifs is 2. The monoisotopic (exact) mass is 571 g/mol. The van der Waals surface area contributed by atoms with Crippen molar-refractivity contribution in [1.29, 1.82) is 0 Å². The highest BCUT2D eigenvalue weighted by Gasteiger charge is 2.21. The number of rotatable bonds is 11. The zero-order valence-corrected chi connectivity index (χ0v) is 24.3. The first-order valence-electron chi connectivity index (χ1n) is 13.3. The molecule has 0 amide bonds. The lowest BCUT2D eigenvalue weighted by Gasteiger charge is -2.22. The van der Waals surface area contributed by atoms with Crippen LogP contribution in [-0.4, -0.2) is 69.6 Å². The number of benzene rings is 1. The molecule has 1 N–H and O–H groups in total. The molecule has 1 saturated heterocycles. The van der Waals surface area contributed by atoms with Gasteiger partial charge in [-0.25, -0.2) is 14.8 Å². The molecule has 1 unspecified atom stereocenters.